The van der Waals surface area contributed by atoms with Crippen molar-refractivity contribution in [2.45, 2.75) is 11.2 Å². The van der Waals surface area contributed by atoms with E-state index < -0.39 is 32.4 Å². The molecule has 1 saturated carbocycles. The van der Waals surface area contributed by atoms with Crippen molar-refractivity contribution < 1.29 is 27.8 Å². The maximum atomic E-state index is 11.8. The van der Waals surface area contributed by atoms with E-state index in [2.05, 4.69) is 0 Å². The van der Waals surface area contributed by atoms with Crippen LogP contribution in [0.15, 0.2) is 18.2 Å². The zero-order chi connectivity index (χ0) is 15.4. The summed E-state index contributed by atoms with van der Waals surface area (Å²) in [5.74, 6) is -1.41. The van der Waals surface area contributed by atoms with Crippen LogP contribution < -0.4 is 9.47 Å². The molecule has 0 spiro atoms. The highest BCUT2D eigenvalue weighted by Gasteiger charge is 2.76. The number of hydrogen-bond donors (Lipinski definition) is 1. The topological polar surface area (TPSA) is 114 Å². The van der Waals surface area contributed by atoms with Crippen molar-refractivity contribution in [2.75, 3.05) is 13.0 Å². The van der Waals surface area contributed by atoms with Gasteiger partial charge in [0, 0.05) is 12.2 Å². The fourth-order valence-electron chi connectivity index (χ4n) is 2.92. The van der Waals surface area contributed by atoms with Gasteiger partial charge in [0.05, 0.1) is 6.07 Å². The molecule has 3 atom stereocenters. The summed E-state index contributed by atoms with van der Waals surface area (Å²) in [4.78, 5) is 11.4. The fraction of sp³-hybridized carbons (Fsp3) is 0.385. The summed E-state index contributed by atoms with van der Waals surface area (Å²) in [5.41, 5.74) is -1.50. The number of carboxylic acids is 1. The van der Waals surface area contributed by atoms with Crippen molar-refractivity contribution in [3.05, 3.63) is 23.8 Å². The average Bonchev–Trinajstić information content (AvgIpc) is 2.92. The molecule has 3 unspecified atom stereocenters. The number of rotatable bonds is 3. The smallest absolute Gasteiger partial charge is 0.326 e. The number of nitrogens with zero attached hydrogens (tertiary/aromatic N) is 1. The van der Waals surface area contributed by atoms with E-state index in [9.17, 15) is 23.6 Å². The number of hydrogen-bond acceptors (Lipinski definition) is 6. The maximum Gasteiger partial charge on any atom is 0.326 e. The molecule has 1 aromatic carbocycles. The van der Waals surface area contributed by atoms with Gasteiger partial charge in [-0.1, -0.05) is 6.07 Å². The van der Waals surface area contributed by atoms with Gasteiger partial charge in [-0.05, 0) is 17.7 Å². The van der Waals surface area contributed by atoms with E-state index in [-0.39, 0.29) is 6.79 Å². The van der Waals surface area contributed by atoms with Gasteiger partial charge in [-0.15, -0.1) is 0 Å². The zero-order valence-corrected chi connectivity index (χ0v) is 11.8. The largest absolute Gasteiger partial charge is 0.480 e. The van der Waals surface area contributed by atoms with Crippen LogP contribution in [0.2, 0.25) is 0 Å². The summed E-state index contributed by atoms with van der Waals surface area (Å²) in [6, 6.07) is 6.36. The number of nitriles is 1. The Labute approximate surface area is 120 Å². The van der Waals surface area contributed by atoms with E-state index in [1.807, 2.05) is 0 Å². The molecule has 0 aromatic heterocycles. The number of carboxylic acid groups (broad SMARTS) is 1. The number of sulfone groups is 1. The van der Waals surface area contributed by atoms with Crippen molar-refractivity contribution >= 4 is 15.8 Å². The SMILES string of the molecule is CS(=O)(=O)C1C(c2ccc3c(c2)OCO3)C1(C#N)C(=O)O. The molecule has 1 aliphatic carbocycles. The second kappa shape index (κ2) is 4.11. The van der Waals surface area contributed by atoms with Gasteiger partial charge in [0.1, 0.15) is 5.25 Å². The van der Waals surface area contributed by atoms with Gasteiger partial charge in [0.25, 0.3) is 0 Å². The van der Waals surface area contributed by atoms with Crippen LogP contribution in [0.5, 0.6) is 11.5 Å². The summed E-state index contributed by atoms with van der Waals surface area (Å²) in [5, 5.41) is 17.3. The van der Waals surface area contributed by atoms with E-state index in [1.54, 1.807) is 18.2 Å². The lowest BCUT2D eigenvalue weighted by molar-refractivity contribution is -0.141. The first-order valence-electron chi connectivity index (χ1n) is 6.05. The summed E-state index contributed by atoms with van der Waals surface area (Å²) in [7, 11) is -3.68. The van der Waals surface area contributed by atoms with Gasteiger partial charge in [0.15, 0.2) is 26.8 Å². The lowest BCUT2D eigenvalue weighted by Gasteiger charge is -2.03. The van der Waals surface area contributed by atoms with Crippen LogP contribution in [0.3, 0.4) is 0 Å². The molecule has 0 bridgehead atoms. The van der Waals surface area contributed by atoms with Gasteiger partial charge in [0.2, 0.25) is 6.79 Å². The molecule has 0 radical (unpaired) electrons. The Kier molecular flexibility index (Phi) is 2.68. The van der Waals surface area contributed by atoms with Gasteiger partial charge < -0.3 is 14.6 Å². The average molecular weight is 309 g/mol. The monoisotopic (exact) mass is 309 g/mol. The first-order valence-corrected chi connectivity index (χ1v) is 8.01. The van der Waals surface area contributed by atoms with Crippen LogP contribution in [-0.2, 0) is 14.6 Å². The van der Waals surface area contributed by atoms with E-state index >= 15 is 0 Å². The number of fused-ring (bicyclic) bond motifs is 1. The predicted octanol–water partition coefficient (Wildman–Crippen LogP) is 0.520. The van der Waals surface area contributed by atoms with Gasteiger partial charge in [-0.3, -0.25) is 4.79 Å². The molecule has 1 aliphatic heterocycles. The molecule has 3 rings (SSSR count). The molecule has 110 valence electrons. The summed E-state index contributed by atoms with van der Waals surface area (Å²) >= 11 is 0. The minimum absolute atomic E-state index is 0.0568. The van der Waals surface area contributed by atoms with E-state index in [1.165, 1.54) is 6.07 Å². The Balaban J connectivity index is 2.09. The molecular formula is C13H11NO6S. The molecule has 1 aromatic rings. The molecule has 1 fully saturated rings. The Hall–Kier alpha value is -2.27. The lowest BCUT2D eigenvalue weighted by atomic mass is 10.0. The van der Waals surface area contributed by atoms with Crippen LogP contribution >= 0.6 is 0 Å². The third kappa shape index (κ3) is 1.77. The molecule has 1 N–H and O–H groups in total. The summed E-state index contributed by atoms with van der Waals surface area (Å²) < 4.78 is 34.0. The molecule has 0 amide bonds. The number of ether oxygens (including phenoxy) is 2. The summed E-state index contributed by atoms with van der Waals surface area (Å²) in [6.07, 6.45) is 0.944. The fourth-order valence-corrected chi connectivity index (χ4v) is 4.68. The van der Waals surface area contributed by atoms with Crippen LogP contribution in [0.1, 0.15) is 11.5 Å². The highest BCUT2D eigenvalue weighted by Crippen LogP contribution is 2.63. The normalized spacial score (nSPS) is 29.7. The highest BCUT2D eigenvalue weighted by atomic mass is 32.2. The lowest BCUT2D eigenvalue weighted by Crippen LogP contribution is -2.21. The van der Waals surface area contributed by atoms with Crippen molar-refractivity contribution in [1.29, 1.82) is 5.26 Å². The van der Waals surface area contributed by atoms with Gasteiger partial charge in [-0.2, -0.15) is 5.26 Å². The molecule has 1 heterocycles. The standard InChI is InChI=1S/C13H11NO6S/c1-21(17,18)11-10(13(11,5-14)12(15)16)7-2-3-8-9(4-7)20-6-19-8/h2-4,10-11H,6H2,1H3,(H,15,16). The van der Waals surface area contributed by atoms with Crippen LogP contribution in [0.4, 0.5) is 0 Å². The van der Waals surface area contributed by atoms with Crippen molar-refractivity contribution in [3.63, 3.8) is 0 Å². The Morgan fingerprint density at radius 3 is 2.62 bits per heavy atom. The molecular weight excluding hydrogens is 298 g/mol. The van der Waals surface area contributed by atoms with Crippen LogP contribution in [0.25, 0.3) is 0 Å². The zero-order valence-electron chi connectivity index (χ0n) is 10.9. The van der Waals surface area contributed by atoms with E-state index in [0.717, 1.165) is 6.26 Å². The number of aliphatic carboxylic acids is 1. The first kappa shape index (κ1) is 13.7. The number of carbonyl (C=O) groups is 1. The highest BCUT2D eigenvalue weighted by molar-refractivity contribution is 7.91. The molecule has 21 heavy (non-hydrogen) atoms. The third-order valence-corrected chi connectivity index (χ3v) is 5.46. The molecule has 8 heteroatoms. The van der Waals surface area contributed by atoms with Crippen molar-refractivity contribution in [2.24, 2.45) is 5.41 Å². The van der Waals surface area contributed by atoms with Crippen LogP contribution in [-0.4, -0.2) is 37.8 Å². The first-order chi connectivity index (χ1) is 9.82. The van der Waals surface area contributed by atoms with Gasteiger partial charge >= 0.3 is 5.97 Å². The number of benzene rings is 1. The van der Waals surface area contributed by atoms with Gasteiger partial charge in [-0.25, -0.2) is 8.42 Å². The Morgan fingerprint density at radius 1 is 1.43 bits per heavy atom. The molecule has 7 nitrogen and oxygen atoms in total. The Morgan fingerprint density at radius 2 is 2.10 bits per heavy atom. The Bertz CT molecular complexity index is 780. The quantitative estimate of drug-likeness (QED) is 0.865. The minimum Gasteiger partial charge on any atom is -0.480 e. The second-order valence-electron chi connectivity index (χ2n) is 5.13. The third-order valence-electron chi connectivity index (χ3n) is 3.89. The second-order valence-corrected chi connectivity index (χ2v) is 7.29. The molecule has 2 aliphatic rings. The van der Waals surface area contributed by atoms with Crippen molar-refractivity contribution in [3.8, 4) is 17.6 Å². The maximum absolute atomic E-state index is 11.8. The minimum atomic E-state index is -3.68. The van der Waals surface area contributed by atoms with Crippen LogP contribution in [0, 0.1) is 16.7 Å². The van der Waals surface area contributed by atoms with E-state index in [4.69, 9.17) is 9.47 Å². The van der Waals surface area contributed by atoms with E-state index in [0.29, 0.717) is 17.1 Å². The molecule has 0 saturated heterocycles. The predicted molar refractivity (Wildman–Crippen MR) is 69.6 cm³/mol. The van der Waals surface area contributed by atoms with Crippen molar-refractivity contribution in [1.82, 2.24) is 0 Å². The summed E-state index contributed by atoms with van der Waals surface area (Å²) in [6.45, 7) is 0.0568.